The van der Waals surface area contributed by atoms with Crippen molar-refractivity contribution in [2.45, 2.75) is 25.8 Å². The van der Waals surface area contributed by atoms with Gasteiger partial charge in [-0.25, -0.2) is 4.39 Å². The van der Waals surface area contributed by atoms with Gasteiger partial charge in [-0.15, -0.1) is 0 Å². The van der Waals surface area contributed by atoms with Gasteiger partial charge in [0.1, 0.15) is 5.82 Å². The predicted octanol–water partition coefficient (Wildman–Crippen LogP) is 1.69. The van der Waals surface area contributed by atoms with Crippen LogP contribution in [0.25, 0.3) is 0 Å². The monoisotopic (exact) mass is 197 g/mol. The van der Waals surface area contributed by atoms with Crippen molar-refractivity contribution in [2.24, 2.45) is 5.73 Å². The van der Waals surface area contributed by atoms with Gasteiger partial charge in [0.2, 0.25) is 0 Å². The third kappa shape index (κ3) is 2.30. The summed E-state index contributed by atoms with van der Waals surface area (Å²) < 4.78 is 13.2. The van der Waals surface area contributed by atoms with Gasteiger partial charge in [0.15, 0.2) is 0 Å². The van der Waals surface area contributed by atoms with Crippen LogP contribution in [0.2, 0.25) is 0 Å². The van der Waals surface area contributed by atoms with Gasteiger partial charge in [0.05, 0.1) is 0 Å². The van der Waals surface area contributed by atoms with Gasteiger partial charge in [-0.2, -0.15) is 0 Å². The number of nitrogens with two attached hydrogens (primary N) is 1. The van der Waals surface area contributed by atoms with Crippen molar-refractivity contribution >= 4 is 0 Å². The average molecular weight is 197 g/mol. The first-order valence-electron chi connectivity index (χ1n) is 4.64. The molecule has 14 heavy (non-hydrogen) atoms. The average Bonchev–Trinajstić information content (AvgIpc) is 2.09. The molecule has 0 spiro atoms. The van der Waals surface area contributed by atoms with Crippen molar-refractivity contribution in [3.8, 4) is 0 Å². The molecule has 3 N–H and O–H groups in total. The van der Waals surface area contributed by atoms with Crippen LogP contribution in [0.4, 0.5) is 4.39 Å². The minimum atomic E-state index is -0.663. The smallest absolute Gasteiger partial charge is 0.126 e. The van der Waals surface area contributed by atoms with E-state index in [2.05, 4.69) is 0 Å². The van der Waals surface area contributed by atoms with Crippen LogP contribution in [-0.2, 0) is 5.54 Å². The number of hydrogen-bond donors (Lipinski definition) is 2. The summed E-state index contributed by atoms with van der Waals surface area (Å²) in [6, 6.07) is 4.94. The van der Waals surface area contributed by atoms with Crippen molar-refractivity contribution in [2.75, 3.05) is 6.61 Å². The standard InChI is InChI=1S/C11H16FNO/c1-8-3-4-9(7-10(8)12)11(2,13)5-6-14/h3-4,7,14H,5-6,13H2,1-2H3/t11-/m0/s1. The molecule has 0 saturated heterocycles. The summed E-state index contributed by atoms with van der Waals surface area (Å²) in [5.74, 6) is -0.253. The first kappa shape index (κ1) is 11.1. The number of aryl methyl sites for hydroxylation is 1. The highest BCUT2D eigenvalue weighted by molar-refractivity contribution is 5.28. The molecule has 0 aliphatic carbocycles. The Morgan fingerprint density at radius 2 is 2.14 bits per heavy atom. The Morgan fingerprint density at radius 3 is 2.64 bits per heavy atom. The largest absolute Gasteiger partial charge is 0.396 e. The molecule has 78 valence electrons. The summed E-state index contributed by atoms with van der Waals surface area (Å²) in [7, 11) is 0. The number of halogens is 1. The number of aliphatic hydroxyl groups excluding tert-OH is 1. The number of benzene rings is 1. The highest BCUT2D eigenvalue weighted by Crippen LogP contribution is 2.22. The predicted molar refractivity (Wildman–Crippen MR) is 54.4 cm³/mol. The lowest BCUT2D eigenvalue weighted by Gasteiger charge is -2.24. The first-order chi connectivity index (χ1) is 6.47. The molecule has 2 nitrogen and oxygen atoms in total. The van der Waals surface area contributed by atoms with E-state index in [1.165, 1.54) is 6.07 Å². The molecule has 0 radical (unpaired) electrons. The Bertz CT molecular complexity index is 323. The molecule has 0 amide bonds. The maximum atomic E-state index is 13.2. The topological polar surface area (TPSA) is 46.2 Å². The molecule has 1 aromatic rings. The minimum absolute atomic E-state index is 0.00248. The van der Waals surface area contributed by atoms with Crippen molar-refractivity contribution in [1.29, 1.82) is 0 Å². The van der Waals surface area contributed by atoms with Gasteiger partial charge >= 0.3 is 0 Å². The van der Waals surface area contributed by atoms with Gasteiger partial charge in [0.25, 0.3) is 0 Å². The normalized spacial score (nSPS) is 15.2. The zero-order chi connectivity index (χ0) is 10.8. The van der Waals surface area contributed by atoms with E-state index in [1.54, 1.807) is 26.0 Å². The summed E-state index contributed by atoms with van der Waals surface area (Å²) in [6.07, 6.45) is 0.426. The zero-order valence-corrected chi connectivity index (χ0v) is 8.55. The summed E-state index contributed by atoms with van der Waals surface area (Å²) >= 11 is 0. The Hall–Kier alpha value is -0.930. The Kier molecular flexibility index (Phi) is 3.24. The van der Waals surface area contributed by atoms with Gasteiger partial charge in [0, 0.05) is 12.1 Å². The molecule has 0 fully saturated rings. The Morgan fingerprint density at radius 1 is 1.50 bits per heavy atom. The molecule has 3 heteroatoms. The van der Waals surface area contributed by atoms with Crippen LogP contribution in [0.1, 0.15) is 24.5 Å². The van der Waals surface area contributed by atoms with Gasteiger partial charge in [-0.05, 0) is 37.5 Å². The third-order valence-corrected chi connectivity index (χ3v) is 2.46. The SMILES string of the molecule is Cc1ccc([C@@](C)(N)CCO)cc1F. The van der Waals surface area contributed by atoms with E-state index in [0.29, 0.717) is 12.0 Å². The molecule has 1 atom stereocenters. The lowest BCUT2D eigenvalue weighted by molar-refractivity contribution is 0.247. The van der Waals surface area contributed by atoms with Crippen LogP contribution in [0.3, 0.4) is 0 Å². The maximum Gasteiger partial charge on any atom is 0.126 e. The molecule has 1 rings (SSSR count). The second-order valence-corrected chi connectivity index (χ2v) is 3.86. The second kappa shape index (κ2) is 4.07. The summed E-state index contributed by atoms with van der Waals surface area (Å²) in [5.41, 5.74) is 6.60. The molecule has 0 aromatic heterocycles. The molecule has 0 saturated carbocycles. The van der Waals surface area contributed by atoms with E-state index in [0.717, 1.165) is 5.56 Å². The van der Waals surface area contributed by atoms with Crippen LogP contribution in [-0.4, -0.2) is 11.7 Å². The fourth-order valence-electron chi connectivity index (χ4n) is 1.32. The highest BCUT2D eigenvalue weighted by atomic mass is 19.1. The van der Waals surface area contributed by atoms with Crippen LogP contribution in [0, 0.1) is 12.7 Å². The molecule has 0 unspecified atom stereocenters. The van der Waals surface area contributed by atoms with Crippen molar-refractivity contribution in [1.82, 2.24) is 0 Å². The van der Waals surface area contributed by atoms with Crippen molar-refractivity contribution in [3.63, 3.8) is 0 Å². The minimum Gasteiger partial charge on any atom is -0.396 e. The zero-order valence-electron chi connectivity index (χ0n) is 8.55. The number of rotatable bonds is 3. The second-order valence-electron chi connectivity index (χ2n) is 3.86. The first-order valence-corrected chi connectivity index (χ1v) is 4.64. The number of aliphatic hydroxyl groups is 1. The van der Waals surface area contributed by atoms with Crippen LogP contribution >= 0.6 is 0 Å². The van der Waals surface area contributed by atoms with Crippen LogP contribution < -0.4 is 5.73 Å². The van der Waals surface area contributed by atoms with Crippen molar-refractivity contribution in [3.05, 3.63) is 35.1 Å². The molecule has 1 aromatic carbocycles. The lowest BCUT2D eigenvalue weighted by Crippen LogP contribution is -2.34. The summed E-state index contributed by atoms with van der Waals surface area (Å²) in [5, 5.41) is 8.81. The molecule has 0 aliphatic heterocycles. The molecule has 0 aliphatic rings. The fourth-order valence-corrected chi connectivity index (χ4v) is 1.32. The summed E-state index contributed by atoms with van der Waals surface area (Å²) in [4.78, 5) is 0. The van der Waals surface area contributed by atoms with Crippen molar-refractivity contribution < 1.29 is 9.50 Å². The van der Waals surface area contributed by atoms with E-state index >= 15 is 0 Å². The molecular weight excluding hydrogens is 181 g/mol. The van der Waals surface area contributed by atoms with E-state index in [4.69, 9.17) is 10.8 Å². The van der Waals surface area contributed by atoms with Crippen LogP contribution in [0.5, 0.6) is 0 Å². The van der Waals surface area contributed by atoms with E-state index in [9.17, 15) is 4.39 Å². The van der Waals surface area contributed by atoms with E-state index in [1.807, 2.05) is 0 Å². The maximum absolute atomic E-state index is 13.2. The van der Waals surface area contributed by atoms with Gasteiger partial charge < -0.3 is 10.8 Å². The molecule has 0 bridgehead atoms. The molecule has 0 heterocycles. The molecular formula is C11H16FNO. The van der Waals surface area contributed by atoms with E-state index < -0.39 is 5.54 Å². The Balaban J connectivity index is 3.01. The number of hydrogen-bond acceptors (Lipinski definition) is 2. The summed E-state index contributed by atoms with van der Waals surface area (Å²) in [6.45, 7) is 3.49. The van der Waals surface area contributed by atoms with Gasteiger partial charge in [-0.3, -0.25) is 0 Å². The van der Waals surface area contributed by atoms with E-state index in [-0.39, 0.29) is 12.4 Å². The Labute approximate surface area is 83.6 Å². The fraction of sp³-hybridized carbons (Fsp3) is 0.455. The highest BCUT2D eigenvalue weighted by Gasteiger charge is 2.21. The lowest BCUT2D eigenvalue weighted by atomic mass is 9.89. The van der Waals surface area contributed by atoms with Gasteiger partial charge in [-0.1, -0.05) is 12.1 Å². The third-order valence-electron chi connectivity index (χ3n) is 2.46. The quantitative estimate of drug-likeness (QED) is 0.774. The van der Waals surface area contributed by atoms with Crippen LogP contribution in [0.15, 0.2) is 18.2 Å².